The largest absolute Gasteiger partial charge is 0.351 e. The summed E-state index contributed by atoms with van der Waals surface area (Å²) in [4.78, 5) is 31.8. The smallest absolute Gasteiger partial charge is 0.254 e. The number of rotatable bonds is 14. The molecular formula is C34H46N6O2. The molecule has 0 aliphatic heterocycles. The van der Waals surface area contributed by atoms with E-state index >= 15 is 0 Å². The topological polar surface area (TPSA) is 74.5 Å². The first kappa shape index (κ1) is 31.1. The minimum atomic E-state index is -0.0926. The highest BCUT2D eigenvalue weighted by Gasteiger charge is 2.22. The third-order valence-corrected chi connectivity index (χ3v) is 8.37. The van der Waals surface area contributed by atoms with Crippen LogP contribution in [0.2, 0.25) is 0 Å². The van der Waals surface area contributed by atoms with Crippen molar-refractivity contribution in [1.29, 1.82) is 0 Å². The number of amides is 2. The first-order chi connectivity index (χ1) is 20.4. The first-order valence-electron chi connectivity index (χ1n) is 15.2. The van der Waals surface area contributed by atoms with Crippen molar-refractivity contribution in [3.05, 3.63) is 71.0 Å². The Morgan fingerprint density at radius 2 is 1.00 bits per heavy atom. The number of aryl methyl sites for hydroxylation is 2. The van der Waals surface area contributed by atoms with Crippen molar-refractivity contribution >= 4 is 45.8 Å². The fourth-order valence-corrected chi connectivity index (χ4v) is 5.76. The van der Waals surface area contributed by atoms with Crippen LogP contribution < -0.4 is 10.6 Å². The average Bonchev–Trinajstić information content (AvgIpc) is 3.46. The Hall–Kier alpha value is -3.88. The Labute approximate surface area is 250 Å². The van der Waals surface area contributed by atoms with Gasteiger partial charge in [0.2, 0.25) is 0 Å². The lowest BCUT2D eigenvalue weighted by Gasteiger charge is -2.18. The minimum absolute atomic E-state index is 0.0926. The van der Waals surface area contributed by atoms with Gasteiger partial charge >= 0.3 is 0 Å². The van der Waals surface area contributed by atoms with Crippen molar-refractivity contribution < 1.29 is 9.59 Å². The SMILES string of the molecule is CCN(CC)CCNC(=O)c1c(/C=C/c2c(C(=O)NCCN(CC)CC)c3ccccc3n2C)n(C)c2ccccc12. The molecule has 2 N–H and O–H groups in total. The van der Waals surface area contributed by atoms with E-state index in [1.54, 1.807) is 0 Å². The Bertz CT molecular complexity index is 1440. The van der Waals surface area contributed by atoms with E-state index in [-0.39, 0.29) is 11.8 Å². The maximum atomic E-state index is 13.6. The second-order valence-corrected chi connectivity index (χ2v) is 10.6. The van der Waals surface area contributed by atoms with E-state index in [1.807, 2.05) is 74.8 Å². The summed E-state index contributed by atoms with van der Waals surface area (Å²) in [6.45, 7) is 15.1. The summed E-state index contributed by atoms with van der Waals surface area (Å²) >= 11 is 0. The maximum Gasteiger partial charge on any atom is 0.254 e. The predicted molar refractivity (Wildman–Crippen MR) is 175 cm³/mol. The molecule has 0 atom stereocenters. The standard InChI is InChI=1S/C34H46N6O2/c1-7-39(8-2)23-21-35-33(41)31-25-15-11-13-17-27(25)37(5)29(31)19-20-30-32(26-16-12-14-18-28(26)38(30)6)34(42)36-22-24-40(9-3)10-4/h11-20H,7-10,21-24H2,1-6H3,(H,35,41)(H,36,42)/b20-19+. The number of nitrogens with one attached hydrogen (secondary N) is 2. The van der Waals surface area contributed by atoms with Crippen LogP contribution in [0.4, 0.5) is 0 Å². The van der Waals surface area contributed by atoms with Crippen LogP contribution in [0.5, 0.6) is 0 Å². The molecule has 224 valence electrons. The molecule has 4 aromatic rings. The van der Waals surface area contributed by atoms with Crippen LogP contribution in [0.15, 0.2) is 48.5 Å². The van der Waals surface area contributed by atoms with Gasteiger partial charge in [-0.1, -0.05) is 64.1 Å². The van der Waals surface area contributed by atoms with E-state index in [2.05, 4.69) is 57.3 Å². The zero-order valence-corrected chi connectivity index (χ0v) is 26.0. The van der Waals surface area contributed by atoms with E-state index in [1.165, 1.54) is 0 Å². The van der Waals surface area contributed by atoms with Gasteiger partial charge in [0.05, 0.1) is 22.5 Å². The molecule has 4 rings (SSSR count). The molecule has 0 fully saturated rings. The number of hydrogen-bond acceptors (Lipinski definition) is 4. The van der Waals surface area contributed by atoms with Gasteiger partial charge in [0.15, 0.2) is 0 Å². The predicted octanol–water partition coefficient (Wildman–Crippen LogP) is 4.98. The summed E-state index contributed by atoms with van der Waals surface area (Å²) in [6.07, 6.45) is 3.94. The second kappa shape index (κ2) is 14.3. The summed E-state index contributed by atoms with van der Waals surface area (Å²) in [5, 5.41) is 8.11. The second-order valence-electron chi connectivity index (χ2n) is 10.6. The molecule has 0 radical (unpaired) electrons. The fraction of sp³-hybridized carbons (Fsp3) is 0.412. The normalized spacial score (nSPS) is 11.9. The number of nitrogens with zero attached hydrogens (tertiary/aromatic N) is 4. The summed E-state index contributed by atoms with van der Waals surface area (Å²) < 4.78 is 4.11. The van der Waals surface area contributed by atoms with Crippen LogP contribution in [0.3, 0.4) is 0 Å². The molecule has 2 aromatic carbocycles. The van der Waals surface area contributed by atoms with Gasteiger partial charge < -0.3 is 29.6 Å². The first-order valence-corrected chi connectivity index (χ1v) is 15.2. The number of hydrogen-bond donors (Lipinski definition) is 2. The van der Waals surface area contributed by atoms with Gasteiger partial charge in [0, 0.05) is 62.1 Å². The molecule has 0 saturated heterocycles. The molecule has 2 heterocycles. The van der Waals surface area contributed by atoms with E-state index in [9.17, 15) is 9.59 Å². The average molecular weight is 571 g/mol. The van der Waals surface area contributed by atoms with Crippen LogP contribution in [0.25, 0.3) is 34.0 Å². The number of carbonyl (C=O) groups excluding carboxylic acids is 2. The van der Waals surface area contributed by atoms with Crippen LogP contribution in [-0.4, -0.2) is 83.1 Å². The molecule has 0 aliphatic rings. The van der Waals surface area contributed by atoms with E-state index in [0.29, 0.717) is 24.2 Å². The molecule has 0 unspecified atom stereocenters. The summed E-state index contributed by atoms with van der Waals surface area (Å²) in [6, 6.07) is 16.0. The van der Waals surface area contributed by atoms with Gasteiger partial charge in [-0.3, -0.25) is 9.59 Å². The lowest BCUT2D eigenvalue weighted by molar-refractivity contribution is 0.0942. The zero-order chi connectivity index (χ0) is 30.2. The van der Waals surface area contributed by atoms with Crippen LogP contribution in [0, 0.1) is 0 Å². The zero-order valence-electron chi connectivity index (χ0n) is 26.0. The van der Waals surface area contributed by atoms with Crippen molar-refractivity contribution in [1.82, 2.24) is 29.6 Å². The Morgan fingerprint density at radius 1 is 0.643 bits per heavy atom. The summed E-state index contributed by atoms with van der Waals surface area (Å²) in [7, 11) is 3.97. The number of likely N-dealkylation sites (N-methyl/N-ethyl adjacent to an activating group) is 2. The lowest BCUT2D eigenvalue weighted by Crippen LogP contribution is -2.35. The third-order valence-electron chi connectivity index (χ3n) is 8.37. The van der Waals surface area contributed by atoms with Crippen molar-refractivity contribution in [3.63, 3.8) is 0 Å². The van der Waals surface area contributed by atoms with Gasteiger partial charge in [0.1, 0.15) is 0 Å². The number of fused-ring (bicyclic) bond motifs is 2. The van der Waals surface area contributed by atoms with Gasteiger partial charge in [0.25, 0.3) is 11.8 Å². The highest BCUT2D eigenvalue weighted by molar-refractivity contribution is 6.13. The van der Waals surface area contributed by atoms with Crippen LogP contribution in [-0.2, 0) is 14.1 Å². The molecule has 2 amide bonds. The number of carbonyl (C=O) groups is 2. The molecular weight excluding hydrogens is 524 g/mol. The fourth-order valence-electron chi connectivity index (χ4n) is 5.76. The van der Waals surface area contributed by atoms with Gasteiger partial charge in [-0.2, -0.15) is 0 Å². The molecule has 0 aliphatic carbocycles. The van der Waals surface area contributed by atoms with Gasteiger partial charge in [-0.05, 0) is 50.5 Å². The monoisotopic (exact) mass is 570 g/mol. The highest BCUT2D eigenvalue weighted by Crippen LogP contribution is 2.30. The molecule has 0 spiro atoms. The van der Waals surface area contributed by atoms with Gasteiger partial charge in [-0.15, -0.1) is 0 Å². The lowest BCUT2D eigenvalue weighted by atomic mass is 10.1. The van der Waals surface area contributed by atoms with Crippen LogP contribution in [0.1, 0.15) is 59.8 Å². The van der Waals surface area contributed by atoms with Crippen molar-refractivity contribution in [2.45, 2.75) is 27.7 Å². The molecule has 8 heteroatoms. The Kier molecular flexibility index (Phi) is 10.6. The molecule has 8 nitrogen and oxygen atoms in total. The molecule has 0 saturated carbocycles. The quantitative estimate of drug-likeness (QED) is 0.224. The third kappa shape index (κ3) is 6.45. The van der Waals surface area contributed by atoms with Crippen molar-refractivity contribution in [3.8, 4) is 0 Å². The van der Waals surface area contributed by atoms with Crippen LogP contribution >= 0.6 is 0 Å². The number of aromatic nitrogens is 2. The summed E-state index contributed by atoms with van der Waals surface area (Å²) in [5.41, 5.74) is 4.86. The van der Waals surface area contributed by atoms with Gasteiger partial charge in [-0.25, -0.2) is 0 Å². The van der Waals surface area contributed by atoms with Crippen molar-refractivity contribution in [2.24, 2.45) is 14.1 Å². The molecule has 2 aromatic heterocycles. The molecule has 42 heavy (non-hydrogen) atoms. The van der Waals surface area contributed by atoms with Crippen molar-refractivity contribution in [2.75, 3.05) is 52.4 Å². The minimum Gasteiger partial charge on any atom is -0.351 e. The Morgan fingerprint density at radius 3 is 1.36 bits per heavy atom. The maximum absolute atomic E-state index is 13.6. The number of benzene rings is 2. The number of para-hydroxylation sites is 2. The molecule has 0 bridgehead atoms. The Balaban J connectivity index is 1.71. The van der Waals surface area contributed by atoms with E-state index in [0.717, 1.165) is 72.5 Å². The summed E-state index contributed by atoms with van der Waals surface area (Å²) in [5.74, 6) is -0.185. The highest BCUT2D eigenvalue weighted by atomic mass is 16.2. The van der Waals surface area contributed by atoms with E-state index in [4.69, 9.17) is 0 Å². The van der Waals surface area contributed by atoms with E-state index < -0.39 is 0 Å².